The molecule has 0 heterocycles. The number of likely N-dealkylation sites (N-methyl/N-ethyl adjacent to an activating group) is 1. The summed E-state index contributed by atoms with van der Waals surface area (Å²) in [6, 6.07) is 4.95. The van der Waals surface area contributed by atoms with Crippen LogP contribution in [0, 0.1) is 5.92 Å². The van der Waals surface area contributed by atoms with E-state index in [9.17, 15) is 8.78 Å². The number of halogens is 2. The number of methoxy groups -OCH3 is 1. The summed E-state index contributed by atoms with van der Waals surface area (Å²) in [5.41, 5.74) is 1.51. The van der Waals surface area contributed by atoms with Gasteiger partial charge in [-0.25, -0.2) is 8.78 Å². The van der Waals surface area contributed by atoms with Crippen molar-refractivity contribution in [2.45, 2.75) is 43.9 Å². The Hall–Kier alpha value is -1.46. The van der Waals surface area contributed by atoms with Gasteiger partial charge in [0.2, 0.25) is 0 Å². The van der Waals surface area contributed by atoms with Gasteiger partial charge in [-0.15, -0.1) is 0 Å². The molecule has 0 radical (unpaired) electrons. The van der Waals surface area contributed by atoms with Gasteiger partial charge in [-0.3, -0.25) is 0 Å². The van der Waals surface area contributed by atoms with Gasteiger partial charge in [0, 0.05) is 23.2 Å². The quantitative estimate of drug-likeness (QED) is 0.613. The Morgan fingerprint density at radius 1 is 1.37 bits per heavy atom. The van der Waals surface area contributed by atoms with Gasteiger partial charge < -0.3 is 14.4 Å². The van der Waals surface area contributed by atoms with Crippen LogP contribution in [-0.4, -0.2) is 51.7 Å². The first kappa shape index (κ1) is 14.5. The first-order valence-corrected chi connectivity index (χ1v) is 9.53. The highest BCUT2D eigenvalue weighted by Crippen LogP contribution is 2.51. The van der Waals surface area contributed by atoms with Crippen molar-refractivity contribution >= 4 is 6.08 Å². The number of fused-ring (bicyclic) bond motifs is 3. The Labute approximate surface area is 168 Å². The van der Waals surface area contributed by atoms with Crippen molar-refractivity contribution in [3.05, 3.63) is 35.4 Å². The van der Waals surface area contributed by atoms with Gasteiger partial charge in [0.05, 0.1) is 9.35 Å². The van der Waals surface area contributed by atoms with E-state index in [-0.39, 0.29) is 23.6 Å². The SMILES string of the molecule is [2H]C([2H])(Oc1ccc2c(c1)[C@]1(CCN(CCOC)C([2H])([2H])[2H])CCCC[C@@H]1C=C2)C(F)F. The zero-order valence-corrected chi connectivity index (χ0v) is 15.7. The van der Waals surface area contributed by atoms with E-state index < -0.39 is 20.0 Å². The van der Waals surface area contributed by atoms with E-state index in [0.29, 0.717) is 19.6 Å². The van der Waals surface area contributed by atoms with Gasteiger partial charge in [0.1, 0.15) is 12.3 Å². The van der Waals surface area contributed by atoms with Crippen LogP contribution in [0.5, 0.6) is 5.75 Å². The average Bonchev–Trinajstić information content (AvgIpc) is 2.72. The first-order chi connectivity index (χ1) is 15.0. The maximum absolute atomic E-state index is 13.0. The summed E-state index contributed by atoms with van der Waals surface area (Å²) in [6.45, 7) is -4.40. The lowest BCUT2D eigenvalue weighted by Crippen LogP contribution is -2.42. The summed E-state index contributed by atoms with van der Waals surface area (Å²) < 4.78 is 74.7. The minimum absolute atomic E-state index is 0.0557. The Morgan fingerprint density at radius 2 is 2.26 bits per heavy atom. The molecule has 0 spiro atoms. The molecular weight excluding hydrogens is 348 g/mol. The number of benzene rings is 1. The minimum Gasteiger partial charge on any atom is -0.488 e. The van der Waals surface area contributed by atoms with Crippen LogP contribution in [-0.2, 0) is 10.2 Å². The predicted molar refractivity (Wildman–Crippen MR) is 105 cm³/mol. The third-order valence-corrected chi connectivity index (χ3v) is 5.83. The van der Waals surface area contributed by atoms with Gasteiger partial charge in [-0.2, -0.15) is 0 Å². The Bertz CT molecular complexity index is 818. The largest absolute Gasteiger partial charge is 0.488 e. The molecule has 27 heavy (non-hydrogen) atoms. The zero-order chi connectivity index (χ0) is 23.6. The molecule has 0 unspecified atom stereocenters. The van der Waals surface area contributed by atoms with E-state index >= 15 is 0 Å². The molecule has 0 aliphatic heterocycles. The summed E-state index contributed by atoms with van der Waals surface area (Å²) in [5.74, 6) is 0.256. The van der Waals surface area contributed by atoms with Crippen molar-refractivity contribution in [3.63, 3.8) is 0 Å². The Balaban J connectivity index is 1.94. The third-order valence-electron chi connectivity index (χ3n) is 5.83. The van der Waals surface area contributed by atoms with Crippen LogP contribution in [0.25, 0.3) is 6.08 Å². The van der Waals surface area contributed by atoms with E-state index in [1.807, 2.05) is 6.08 Å². The second-order valence-corrected chi connectivity index (χ2v) is 7.37. The molecule has 1 aromatic rings. The Morgan fingerprint density at radius 3 is 3.04 bits per heavy atom. The van der Waals surface area contributed by atoms with E-state index in [1.165, 1.54) is 18.1 Å². The fourth-order valence-corrected chi connectivity index (χ4v) is 4.48. The maximum atomic E-state index is 13.0. The van der Waals surface area contributed by atoms with Crippen molar-refractivity contribution in [2.24, 2.45) is 5.92 Å². The molecular formula is C22H31F2NO2. The van der Waals surface area contributed by atoms with Crippen molar-refractivity contribution < 1.29 is 25.1 Å². The normalized spacial score (nSPS) is 27.9. The van der Waals surface area contributed by atoms with Gasteiger partial charge in [-0.05, 0) is 62.0 Å². The monoisotopic (exact) mass is 384 g/mol. The van der Waals surface area contributed by atoms with Crippen LogP contribution in [0.2, 0.25) is 0 Å². The number of hydrogen-bond acceptors (Lipinski definition) is 3. The zero-order valence-electron chi connectivity index (χ0n) is 20.7. The number of alkyl halides is 2. The first-order valence-electron chi connectivity index (χ1n) is 12.0. The second-order valence-electron chi connectivity index (χ2n) is 7.37. The number of allylic oxidation sites excluding steroid dienone is 1. The van der Waals surface area contributed by atoms with Gasteiger partial charge in [0.15, 0.2) is 0 Å². The standard InChI is InChI=1S/C22H31F2NO2/c1-25(13-14-26-2)12-11-22-10-4-3-5-18(22)8-6-17-7-9-19(15-20(17)22)27-16-21(23)24/h6-9,15,18,21H,3-5,10-14,16H2,1-2H3/t18-,22+/m1/s1/i1D3,16D2. The van der Waals surface area contributed by atoms with E-state index in [2.05, 4.69) is 6.08 Å². The molecule has 1 fully saturated rings. The van der Waals surface area contributed by atoms with Crippen LogP contribution < -0.4 is 4.74 Å². The lowest BCUT2D eigenvalue weighted by atomic mass is 9.58. The Kier molecular flexibility index (Phi) is 4.93. The molecule has 2 aliphatic carbocycles. The second kappa shape index (κ2) is 9.16. The fourth-order valence-electron chi connectivity index (χ4n) is 4.48. The predicted octanol–water partition coefficient (Wildman–Crippen LogP) is 4.75. The van der Waals surface area contributed by atoms with Crippen LogP contribution in [0.3, 0.4) is 0 Å². The maximum Gasteiger partial charge on any atom is 0.272 e. The molecule has 150 valence electrons. The topological polar surface area (TPSA) is 21.7 Å². The summed E-state index contributed by atoms with van der Waals surface area (Å²) in [5, 5.41) is 0. The molecule has 0 amide bonds. The van der Waals surface area contributed by atoms with E-state index in [4.69, 9.17) is 16.3 Å². The lowest BCUT2D eigenvalue weighted by Gasteiger charge is -2.47. The molecule has 2 atom stereocenters. The van der Waals surface area contributed by atoms with Crippen molar-refractivity contribution in [3.8, 4) is 5.75 Å². The molecule has 1 aromatic carbocycles. The van der Waals surface area contributed by atoms with Gasteiger partial charge >= 0.3 is 0 Å². The van der Waals surface area contributed by atoms with Crippen molar-refractivity contribution in [2.75, 3.05) is 40.3 Å². The molecule has 0 aromatic heterocycles. The summed E-state index contributed by atoms with van der Waals surface area (Å²) in [4.78, 5) is 1.45. The molecule has 5 heteroatoms. The molecule has 0 N–H and O–H groups in total. The summed E-state index contributed by atoms with van der Waals surface area (Å²) >= 11 is 0. The molecule has 1 saturated carbocycles. The van der Waals surface area contributed by atoms with Crippen LogP contribution in [0.1, 0.15) is 50.1 Å². The van der Waals surface area contributed by atoms with Crippen molar-refractivity contribution in [1.29, 1.82) is 0 Å². The third kappa shape index (κ3) is 4.69. The van der Waals surface area contributed by atoms with E-state index in [0.717, 1.165) is 36.8 Å². The van der Waals surface area contributed by atoms with Crippen LogP contribution in [0.15, 0.2) is 24.3 Å². The van der Waals surface area contributed by atoms with Crippen LogP contribution in [0.4, 0.5) is 8.78 Å². The highest BCUT2D eigenvalue weighted by molar-refractivity contribution is 5.62. The fraction of sp³-hybridized carbons (Fsp3) is 0.636. The number of ether oxygens (including phenoxy) is 2. The number of nitrogens with zero attached hydrogens (tertiary/aromatic N) is 1. The number of rotatable bonds is 9. The van der Waals surface area contributed by atoms with E-state index in [1.54, 1.807) is 12.1 Å². The molecule has 0 saturated heterocycles. The summed E-state index contributed by atoms with van der Waals surface area (Å²) in [6.07, 6.45) is 5.37. The molecule has 2 aliphatic rings. The summed E-state index contributed by atoms with van der Waals surface area (Å²) in [7, 11) is 1.54. The van der Waals surface area contributed by atoms with Crippen molar-refractivity contribution in [1.82, 2.24) is 4.90 Å². The highest BCUT2D eigenvalue weighted by atomic mass is 19.3. The molecule has 3 rings (SSSR count). The smallest absolute Gasteiger partial charge is 0.272 e. The number of hydrogen-bond donors (Lipinski definition) is 0. The minimum atomic E-state index is -3.27. The van der Waals surface area contributed by atoms with Crippen LogP contribution >= 0.6 is 0 Å². The lowest BCUT2D eigenvalue weighted by molar-refractivity contribution is 0.0816. The average molecular weight is 385 g/mol. The van der Waals surface area contributed by atoms with Gasteiger partial charge in [-0.1, -0.05) is 31.1 Å². The molecule has 0 bridgehead atoms. The molecule has 3 nitrogen and oxygen atoms in total. The van der Waals surface area contributed by atoms with Gasteiger partial charge in [0.25, 0.3) is 6.43 Å². The highest BCUT2D eigenvalue weighted by Gasteiger charge is 2.43.